The molecule has 2 bridgehead atoms. The third kappa shape index (κ3) is 2.42. The van der Waals surface area contributed by atoms with E-state index in [1.807, 2.05) is 0 Å². The number of benzene rings is 2. The maximum absolute atomic E-state index is 13.5. The van der Waals surface area contributed by atoms with E-state index >= 15 is 0 Å². The number of hydrazine groups is 2. The first-order valence-electron chi connectivity index (χ1n) is 11.1. The van der Waals surface area contributed by atoms with Gasteiger partial charge in [0.05, 0.1) is 29.2 Å². The molecule has 35 heavy (non-hydrogen) atoms. The van der Waals surface area contributed by atoms with E-state index in [1.165, 1.54) is 0 Å². The summed E-state index contributed by atoms with van der Waals surface area (Å²) in [5, 5.41) is 3.94. The minimum atomic E-state index is -1.68. The van der Waals surface area contributed by atoms with Crippen molar-refractivity contribution in [2.75, 3.05) is 0 Å². The summed E-state index contributed by atoms with van der Waals surface area (Å²) in [7, 11) is 0. The third-order valence-electron chi connectivity index (χ3n) is 8.01. The third-order valence-corrected chi connectivity index (χ3v) is 8.01. The largest absolute Gasteiger partial charge is 0.341 e. The molecule has 3 aliphatic carbocycles. The summed E-state index contributed by atoms with van der Waals surface area (Å²) in [6.45, 7) is 0. The molecular formula is C25H21N5O5. The number of imide groups is 2. The van der Waals surface area contributed by atoms with Crippen LogP contribution in [0.4, 0.5) is 0 Å². The number of allylic oxidation sites excluding steroid dienone is 1. The van der Waals surface area contributed by atoms with Gasteiger partial charge in [-0.15, -0.1) is 0 Å². The molecule has 2 heterocycles. The molecule has 2 aromatic carbocycles. The van der Waals surface area contributed by atoms with Crippen LogP contribution in [0, 0.1) is 23.7 Å². The highest BCUT2D eigenvalue weighted by atomic mass is 16.2. The average Bonchev–Trinajstić information content (AvgIpc) is 3.28. The van der Waals surface area contributed by atoms with Gasteiger partial charge in [0.2, 0.25) is 23.6 Å². The Morgan fingerprint density at radius 3 is 1.66 bits per heavy atom. The van der Waals surface area contributed by atoms with Crippen molar-refractivity contribution in [3.8, 4) is 0 Å². The second kappa shape index (κ2) is 6.94. The van der Waals surface area contributed by atoms with Crippen LogP contribution in [0.3, 0.4) is 0 Å². The van der Waals surface area contributed by atoms with E-state index in [2.05, 4.69) is 5.32 Å². The predicted octanol–water partition coefficient (Wildman–Crippen LogP) is -0.374. The maximum Gasteiger partial charge on any atom is 0.252 e. The average molecular weight is 471 g/mol. The molecule has 2 saturated heterocycles. The standard InChI is InChI=1S/C25H21N5O5/c26-29-20(32)15-17(22(29)34)25(28-19(31)13-7-3-1-4-8-13)12-11-24(15,14-9-5-2-6-10-14)16-18(25)23(35)30(27)21(16)33/h1-12,15-18H,26-27H2,(H,28,31)/t15-,16+,17+,18-,24?,25?. The summed E-state index contributed by atoms with van der Waals surface area (Å²) in [6.07, 6.45) is 3.25. The summed E-state index contributed by atoms with van der Waals surface area (Å²) in [5.74, 6) is 3.79. The quantitative estimate of drug-likeness (QED) is 0.239. The van der Waals surface area contributed by atoms with Gasteiger partial charge in [0.1, 0.15) is 0 Å². The number of amides is 5. The number of carbonyl (C=O) groups excluding carboxylic acids is 5. The molecular weight excluding hydrogens is 450 g/mol. The summed E-state index contributed by atoms with van der Waals surface area (Å²) in [6, 6.07) is 17.0. The molecule has 0 aromatic heterocycles. The lowest BCUT2D eigenvalue weighted by Gasteiger charge is -2.59. The van der Waals surface area contributed by atoms with Crippen LogP contribution in [-0.4, -0.2) is 45.1 Å². The van der Waals surface area contributed by atoms with Crippen LogP contribution < -0.4 is 17.0 Å². The molecule has 2 aromatic rings. The topological polar surface area (TPSA) is 156 Å². The van der Waals surface area contributed by atoms with Gasteiger partial charge in [-0.1, -0.05) is 60.7 Å². The fourth-order valence-corrected chi connectivity index (χ4v) is 6.62. The van der Waals surface area contributed by atoms with Crippen molar-refractivity contribution in [1.29, 1.82) is 0 Å². The van der Waals surface area contributed by atoms with Crippen LogP contribution in [0.2, 0.25) is 0 Å². The predicted molar refractivity (Wildman–Crippen MR) is 120 cm³/mol. The molecule has 1 saturated carbocycles. The second-order valence-electron chi connectivity index (χ2n) is 9.39. The first kappa shape index (κ1) is 21.4. The van der Waals surface area contributed by atoms with Crippen LogP contribution in [0.5, 0.6) is 0 Å². The molecule has 3 fully saturated rings. The van der Waals surface area contributed by atoms with Gasteiger partial charge in [-0.25, -0.2) is 21.7 Å². The zero-order chi connectivity index (χ0) is 24.7. The molecule has 5 amide bonds. The van der Waals surface area contributed by atoms with Gasteiger partial charge in [0, 0.05) is 11.0 Å². The molecule has 2 unspecified atom stereocenters. The van der Waals surface area contributed by atoms with Crippen molar-refractivity contribution in [2.45, 2.75) is 11.0 Å². The summed E-state index contributed by atoms with van der Waals surface area (Å²) < 4.78 is 0. The molecule has 0 radical (unpaired) electrons. The van der Waals surface area contributed by atoms with Crippen molar-refractivity contribution >= 4 is 29.5 Å². The highest BCUT2D eigenvalue weighted by Crippen LogP contribution is 2.65. The Hall–Kier alpha value is -4.15. The smallest absolute Gasteiger partial charge is 0.252 e. The van der Waals surface area contributed by atoms with Gasteiger partial charge >= 0.3 is 0 Å². The zero-order valence-corrected chi connectivity index (χ0v) is 18.3. The SMILES string of the molecule is NN1C(=O)[C@@H]2[C@H](C1=O)C1(NC(=O)c3ccccc3)C=CC2(c2ccccc2)[C@H]2C(=O)N(N)C(=O)[C@H]21. The monoisotopic (exact) mass is 471 g/mol. The van der Waals surface area contributed by atoms with Crippen LogP contribution >= 0.6 is 0 Å². The lowest BCUT2D eigenvalue weighted by molar-refractivity contribution is -0.143. The van der Waals surface area contributed by atoms with E-state index in [4.69, 9.17) is 11.7 Å². The van der Waals surface area contributed by atoms with Crippen molar-refractivity contribution in [1.82, 2.24) is 15.3 Å². The fourth-order valence-electron chi connectivity index (χ4n) is 6.62. The molecule has 6 atom stereocenters. The van der Waals surface area contributed by atoms with E-state index in [0.29, 0.717) is 15.6 Å². The van der Waals surface area contributed by atoms with Crippen LogP contribution in [-0.2, 0) is 24.6 Å². The van der Waals surface area contributed by atoms with Crippen LogP contribution in [0.15, 0.2) is 72.8 Å². The Morgan fingerprint density at radius 2 is 1.14 bits per heavy atom. The number of nitrogens with one attached hydrogen (secondary N) is 1. The van der Waals surface area contributed by atoms with Gasteiger partial charge in [-0.2, -0.15) is 0 Å². The van der Waals surface area contributed by atoms with E-state index in [9.17, 15) is 24.0 Å². The second-order valence-corrected chi connectivity index (χ2v) is 9.39. The van der Waals surface area contributed by atoms with Gasteiger partial charge in [0.25, 0.3) is 5.91 Å². The Balaban J connectivity index is 1.63. The number of nitrogens with zero attached hydrogens (tertiary/aromatic N) is 2. The first-order valence-corrected chi connectivity index (χ1v) is 11.1. The highest BCUT2D eigenvalue weighted by Gasteiger charge is 2.79. The Labute approximate surface area is 199 Å². The molecule has 176 valence electrons. The van der Waals surface area contributed by atoms with Crippen LogP contribution in [0.25, 0.3) is 0 Å². The normalized spacial score (nSPS) is 34.9. The van der Waals surface area contributed by atoms with Crippen molar-refractivity contribution in [3.05, 3.63) is 83.9 Å². The fraction of sp³-hybridized carbons (Fsp3) is 0.240. The minimum Gasteiger partial charge on any atom is -0.341 e. The number of hydrogen-bond acceptors (Lipinski definition) is 7. The highest BCUT2D eigenvalue weighted by molar-refractivity contribution is 6.13. The number of carbonyl (C=O) groups is 5. The van der Waals surface area contributed by atoms with Crippen LogP contribution in [0.1, 0.15) is 15.9 Å². The van der Waals surface area contributed by atoms with E-state index in [-0.39, 0.29) is 5.56 Å². The van der Waals surface area contributed by atoms with Gasteiger partial charge in [0.15, 0.2) is 0 Å². The molecule has 7 rings (SSSR count). The van der Waals surface area contributed by atoms with Crippen molar-refractivity contribution in [3.63, 3.8) is 0 Å². The van der Waals surface area contributed by atoms with E-state index < -0.39 is 64.2 Å². The molecule has 0 spiro atoms. The summed E-state index contributed by atoms with van der Waals surface area (Å²) in [4.78, 5) is 67.2. The van der Waals surface area contributed by atoms with Gasteiger partial charge in [-0.05, 0) is 17.7 Å². The number of hydrogen-bond donors (Lipinski definition) is 3. The Morgan fingerprint density at radius 1 is 0.686 bits per heavy atom. The lowest BCUT2D eigenvalue weighted by Crippen LogP contribution is -2.73. The number of rotatable bonds is 3. The maximum atomic E-state index is 13.5. The molecule has 2 aliphatic heterocycles. The molecule has 10 heteroatoms. The Kier molecular flexibility index (Phi) is 4.24. The van der Waals surface area contributed by atoms with Gasteiger partial charge < -0.3 is 5.32 Å². The molecule has 5 N–H and O–H groups in total. The minimum absolute atomic E-state index is 0.289. The van der Waals surface area contributed by atoms with Crippen molar-refractivity contribution in [2.24, 2.45) is 35.4 Å². The Bertz CT molecular complexity index is 1290. The van der Waals surface area contributed by atoms with E-state index in [0.717, 1.165) is 0 Å². The van der Waals surface area contributed by atoms with E-state index in [1.54, 1.807) is 72.8 Å². The summed E-state index contributed by atoms with van der Waals surface area (Å²) in [5.41, 5.74) is -2.16. The molecule has 5 aliphatic rings. The lowest BCUT2D eigenvalue weighted by atomic mass is 9.42. The van der Waals surface area contributed by atoms with Crippen molar-refractivity contribution < 1.29 is 24.0 Å². The number of nitrogens with two attached hydrogens (primary N) is 2. The first-order chi connectivity index (χ1) is 16.8. The molecule has 10 nitrogen and oxygen atoms in total. The van der Waals surface area contributed by atoms with Gasteiger partial charge in [-0.3, -0.25) is 24.0 Å². The summed E-state index contributed by atoms with van der Waals surface area (Å²) >= 11 is 0. The zero-order valence-electron chi connectivity index (χ0n) is 18.3.